The number of rotatable bonds is 0. The summed E-state index contributed by atoms with van der Waals surface area (Å²) in [5.41, 5.74) is 6.73. The van der Waals surface area contributed by atoms with Gasteiger partial charge in [-0.25, -0.2) is 0 Å². The molecule has 2 heterocycles. The maximum Gasteiger partial charge on any atom is 0.0234 e. The van der Waals surface area contributed by atoms with E-state index < -0.39 is 0 Å². The van der Waals surface area contributed by atoms with E-state index in [0.29, 0.717) is 0 Å². The van der Waals surface area contributed by atoms with Gasteiger partial charge in [-0.1, -0.05) is 32.9 Å². The third kappa shape index (κ3) is 2.57. The Morgan fingerprint density at radius 2 is 1.95 bits per heavy atom. The van der Waals surface area contributed by atoms with Crippen molar-refractivity contribution in [3.8, 4) is 0 Å². The van der Waals surface area contributed by atoms with Crippen LogP contribution >= 0.6 is 11.8 Å². The van der Waals surface area contributed by atoms with E-state index in [0.717, 1.165) is 12.5 Å². The molecule has 0 fully saturated rings. The summed E-state index contributed by atoms with van der Waals surface area (Å²) in [5, 5.41) is 0. The molecule has 1 aromatic carbocycles. The van der Waals surface area contributed by atoms with Crippen LogP contribution in [0.2, 0.25) is 0 Å². The Labute approximate surface area is 121 Å². The van der Waals surface area contributed by atoms with Crippen LogP contribution in [0.15, 0.2) is 12.1 Å². The van der Waals surface area contributed by atoms with Crippen LogP contribution in [-0.2, 0) is 18.4 Å². The smallest absolute Gasteiger partial charge is 0.0234 e. The van der Waals surface area contributed by atoms with E-state index in [1.165, 1.54) is 30.0 Å². The minimum absolute atomic E-state index is 0.260. The molecule has 19 heavy (non-hydrogen) atoms. The zero-order valence-corrected chi connectivity index (χ0v) is 13.4. The summed E-state index contributed by atoms with van der Waals surface area (Å²) >= 11 is 2.14. The first-order chi connectivity index (χ1) is 8.95. The van der Waals surface area contributed by atoms with Crippen molar-refractivity contribution in [3.05, 3.63) is 34.4 Å². The van der Waals surface area contributed by atoms with Gasteiger partial charge in [-0.2, -0.15) is 11.8 Å². The molecule has 0 aromatic heterocycles. The summed E-state index contributed by atoms with van der Waals surface area (Å²) in [7, 11) is 2.27. The van der Waals surface area contributed by atoms with Crippen LogP contribution in [0, 0.1) is 0 Å². The number of benzene rings is 1. The third-order valence-corrected chi connectivity index (χ3v) is 5.56. The molecule has 0 spiro atoms. The number of thioether (sulfide) groups is 1. The highest BCUT2D eigenvalue weighted by molar-refractivity contribution is 7.99. The van der Waals surface area contributed by atoms with Gasteiger partial charge in [0.15, 0.2) is 0 Å². The van der Waals surface area contributed by atoms with Gasteiger partial charge in [0, 0.05) is 24.8 Å². The average Bonchev–Trinajstić information content (AvgIpc) is 2.51. The molecule has 104 valence electrons. The summed E-state index contributed by atoms with van der Waals surface area (Å²) in [6.07, 6.45) is 1.26. The van der Waals surface area contributed by atoms with Crippen molar-refractivity contribution < 1.29 is 0 Å². The lowest BCUT2D eigenvalue weighted by Crippen LogP contribution is -2.32. The van der Waals surface area contributed by atoms with Crippen LogP contribution in [0.4, 0.5) is 0 Å². The lowest BCUT2D eigenvalue weighted by Gasteiger charge is -2.34. The van der Waals surface area contributed by atoms with Crippen molar-refractivity contribution in [2.75, 3.05) is 25.1 Å². The maximum absolute atomic E-state index is 2.50. The van der Waals surface area contributed by atoms with Crippen LogP contribution < -0.4 is 0 Å². The van der Waals surface area contributed by atoms with Crippen molar-refractivity contribution >= 4 is 11.8 Å². The highest BCUT2D eigenvalue weighted by atomic mass is 32.2. The molecule has 2 heteroatoms. The molecular formula is C17H25NS. The molecule has 2 aliphatic rings. The Morgan fingerprint density at radius 1 is 1.21 bits per heavy atom. The number of likely N-dealkylation sites (N-methyl/N-ethyl adjacent to an activating group) is 1. The highest BCUT2D eigenvalue weighted by Crippen LogP contribution is 2.38. The predicted octanol–water partition coefficient (Wildman–Crippen LogP) is 3.80. The summed E-state index contributed by atoms with van der Waals surface area (Å²) in [6, 6.07) is 4.99. The van der Waals surface area contributed by atoms with Crippen LogP contribution in [0.1, 0.15) is 48.9 Å². The fourth-order valence-electron chi connectivity index (χ4n) is 3.44. The molecule has 0 radical (unpaired) electrons. The molecule has 0 aliphatic carbocycles. The second-order valence-electron chi connectivity index (χ2n) is 7.18. The third-order valence-electron chi connectivity index (χ3n) is 4.43. The van der Waals surface area contributed by atoms with E-state index >= 15 is 0 Å². The Kier molecular flexibility index (Phi) is 3.43. The van der Waals surface area contributed by atoms with Crippen molar-refractivity contribution in [1.82, 2.24) is 4.90 Å². The minimum Gasteiger partial charge on any atom is -0.301 e. The van der Waals surface area contributed by atoms with Crippen LogP contribution in [-0.4, -0.2) is 30.0 Å². The summed E-state index contributed by atoms with van der Waals surface area (Å²) in [5.74, 6) is 3.35. The largest absolute Gasteiger partial charge is 0.301 e. The van der Waals surface area contributed by atoms with Gasteiger partial charge in [0.1, 0.15) is 0 Å². The molecular weight excluding hydrogens is 250 g/mol. The first-order valence-corrected chi connectivity index (χ1v) is 8.53. The molecule has 0 amide bonds. The second kappa shape index (κ2) is 4.82. The average molecular weight is 275 g/mol. The lowest BCUT2D eigenvalue weighted by molar-refractivity contribution is 0.289. The van der Waals surface area contributed by atoms with Gasteiger partial charge in [0.2, 0.25) is 0 Å². The number of hydrogen-bond acceptors (Lipinski definition) is 2. The fourth-order valence-corrected chi connectivity index (χ4v) is 4.53. The summed E-state index contributed by atoms with van der Waals surface area (Å²) in [6.45, 7) is 9.36. The molecule has 1 aromatic rings. The van der Waals surface area contributed by atoms with Gasteiger partial charge in [0.05, 0.1) is 0 Å². The van der Waals surface area contributed by atoms with Gasteiger partial charge in [0.25, 0.3) is 0 Å². The Hall–Kier alpha value is -0.470. The summed E-state index contributed by atoms with van der Waals surface area (Å²) in [4.78, 5) is 2.50. The molecule has 0 N–H and O–H groups in total. The van der Waals surface area contributed by atoms with Crippen LogP contribution in [0.25, 0.3) is 0 Å². The molecule has 1 nitrogen and oxygen atoms in total. The molecule has 0 saturated carbocycles. The highest BCUT2D eigenvalue weighted by Gasteiger charge is 2.29. The van der Waals surface area contributed by atoms with Crippen LogP contribution in [0.5, 0.6) is 0 Å². The van der Waals surface area contributed by atoms with E-state index in [9.17, 15) is 0 Å². The van der Waals surface area contributed by atoms with Crippen LogP contribution in [0.3, 0.4) is 0 Å². The first-order valence-electron chi connectivity index (χ1n) is 7.37. The Morgan fingerprint density at radius 3 is 2.68 bits per heavy atom. The zero-order valence-electron chi connectivity index (χ0n) is 12.6. The zero-order chi connectivity index (χ0) is 13.6. The topological polar surface area (TPSA) is 3.24 Å². The van der Waals surface area contributed by atoms with E-state index in [4.69, 9.17) is 0 Å². The van der Waals surface area contributed by atoms with Gasteiger partial charge in [-0.3, -0.25) is 0 Å². The first kappa shape index (κ1) is 13.5. The minimum atomic E-state index is 0.260. The molecule has 0 saturated heterocycles. The molecule has 0 bridgehead atoms. The number of hydrogen-bond donors (Lipinski definition) is 0. The van der Waals surface area contributed by atoms with Crippen molar-refractivity contribution in [3.63, 3.8) is 0 Å². The summed E-state index contributed by atoms with van der Waals surface area (Å²) < 4.78 is 0. The quantitative estimate of drug-likeness (QED) is 0.708. The molecule has 1 atom stereocenters. The van der Waals surface area contributed by atoms with E-state index in [2.05, 4.69) is 56.6 Å². The van der Waals surface area contributed by atoms with E-state index in [1.54, 1.807) is 16.7 Å². The Balaban J connectivity index is 2.14. The van der Waals surface area contributed by atoms with Crippen molar-refractivity contribution in [2.45, 2.75) is 45.1 Å². The molecule has 2 aliphatic heterocycles. The lowest BCUT2D eigenvalue weighted by atomic mass is 9.79. The number of nitrogens with zero attached hydrogens (tertiary/aromatic N) is 1. The van der Waals surface area contributed by atoms with Gasteiger partial charge in [-0.05, 0) is 46.9 Å². The van der Waals surface area contributed by atoms with E-state index in [1.807, 2.05) is 0 Å². The van der Waals surface area contributed by atoms with Gasteiger partial charge < -0.3 is 4.90 Å². The van der Waals surface area contributed by atoms with Crippen molar-refractivity contribution in [1.29, 1.82) is 0 Å². The van der Waals surface area contributed by atoms with Gasteiger partial charge in [-0.15, -0.1) is 0 Å². The van der Waals surface area contributed by atoms with Crippen molar-refractivity contribution in [2.24, 2.45) is 0 Å². The monoisotopic (exact) mass is 275 g/mol. The normalized spacial score (nSPS) is 23.9. The predicted molar refractivity (Wildman–Crippen MR) is 85.2 cm³/mol. The maximum atomic E-state index is 2.50. The fraction of sp³-hybridized carbons (Fsp3) is 0.647. The standard InChI is InChI=1S/C17H25NS/c1-17(2,3)15-7-12-5-6-19-11-14-10-18(4)9-13(8-15)16(12)14/h7-8,14H,5-6,9-11H2,1-4H3. The number of aryl methyl sites for hydroxylation is 1. The molecule has 1 unspecified atom stereocenters. The Bertz CT molecular complexity index is 487. The van der Waals surface area contributed by atoms with E-state index in [-0.39, 0.29) is 5.41 Å². The second-order valence-corrected chi connectivity index (χ2v) is 8.33. The molecule has 3 rings (SSSR count). The SMILES string of the molecule is CN1Cc2cc(C(C)(C)C)cc3c2C(CSCC3)C1. The van der Waals surface area contributed by atoms with Gasteiger partial charge >= 0.3 is 0 Å².